The summed E-state index contributed by atoms with van der Waals surface area (Å²) >= 11 is 0. The van der Waals surface area contributed by atoms with E-state index < -0.39 is 0 Å². The molecule has 1 aliphatic carbocycles. The molecule has 1 fully saturated rings. The Morgan fingerprint density at radius 1 is 0.619 bits per heavy atom. The molecule has 0 radical (unpaired) electrons. The fraction of sp³-hybridized carbons (Fsp3) is 0.333. The van der Waals surface area contributed by atoms with Crippen LogP contribution in [0.4, 0.5) is 0 Å². The molecule has 0 heteroatoms. The maximum Gasteiger partial charge on any atom is -0.00611 e. The van der Waals surface area contributed by atoms with Crippen LogP contribution in [0.25, 0.3) is 0 Å². The van der Waals surface area contributed by atoms with Gasteiger partial charge >= 0.3 is 0 Å². The van der Waals surface area contributed by atoms with E-state index in [1.165, 1.54) is 43.2 Å². The summed E-state index contributed by atoms with van der Waals surface area (Å²) in [6, 6.07) is 21.9. The minimum absolute atomic E-state index is 1.12. The van der Waals surface area contributed by atoms with Crippen molar-refractivity contribution in [1.29, 1.82) is 0 Å². The largest absolute Gasteiger partial charge is 0.0703 e. The Bertz CT molecular complexity index is 526. The highest BCUT2D eigenvalue weighted by Crippen LogP contribution is 2.29. The average Bonchev–Trinajstić information content (AvgIpc) is 2.57. The third kappa shape index (κ3) is 4.07. The van der Waals surface area contributed by atoms with Crippen LogP contribution in [0.2, 0.25) is 0 Å². The van der Waals surface area contributed by atoms with Crippen molar-refractivity contribution in [2.75, 3.05) is 0 Å². The van der Waals surface area contributed by atoms with Crippen LogP contribution in [0.3, 0.4) is 0 Å². The third-order valence-corrected chi connectivity index (χ3v) is 4.48. The van der Waals surface area contributed by atoms with Crippen molar-refractivity contribution in [3.05, 3.63) is 82.9 Å². The quantitative estimate of drug-likeness (QED) is 0.625. The van der Waals surface area contributed by atoms with Gasteiger partial charge in [-0.25, -0.2) is 0 Å². The molecule has 0 nitrogen and oxygen atoms in total. The van der Waals surface area contributed by atoms with Gasteiger partial charge in [0.1, 0.15) is 0 Å². The second-order valence-corrected chi connectivity index (χ2v) is 6.09. The summed E-state index contributed by atoms with van der Waals surface area (Å²) in [5.41, 5.74) is 6.28. The third-order valence-electron chi connectivity index (χ3n) is 4.48. The summed E-state index contributed by atoms with van der Waals surface area (Å²) < 4.78 is 0. The second-order valence-electron chi connectivity index (χ2n) is 6.09. The normalized spacial score (nSPS) is 15.0. The topological polar surface area (TPSA) is 0 Å². The van der Waals surface area contributed by atoms with Gasteiger partial charge in [-0.3, -0.25) is 0 Å². The van der Waals surface area contributed by atoms with E-state index in [9.17, 15) is 0 Å². The van der Waals surface area contributed by atoms with Crippen LogP contribution in [-0.2, 0) is 12.8 Å². The molecule has 0 N–H and O–H groups in total. The second kappa shape index (κ2) is 7.26. The van der Waals surface area contributed by atoms with Crippen LogP contribution < -0.4 is 0 Å². The van der Waals surface area contributed by atoms with E-state index >= 15 is 0 Å². The molecular weight excluding hydrogens is 252 g/mol. The molecule has 21 heavy (non-hydrogen) atoms. The molecule has 0 amide bonds. The molecule has 0 bridgehead atoms. The van der Waals surface area contributed by atoms with Crippen molar-refractivity contribution in [2.24, 2.45) is 0 Å². The lowest BCUT2D eigenvalue weighted by atomic mass is 9.86. The zero-order valence-electron chi connectivity index (χ0n) is 12.7. The summed E-state index contributed by atoms with van der Waals surface area (Å²) in [6.07, 6.45) is 9.03. The molecular formula is C21H24. The first kappa shape index (κ1) is 14.1. The molecule has 0 saturated heterocycles. The highest BCUT2D eigenvalue weighted by molar-refractivity contribution is 5.31. The maximum absolute atomic E-state index is 2.26. The van der Waals surface area contributed by atoms with Crippen LogP contribution in [-0.4, -0.2) is 0 Å². The molecule has 0 unspecified atom stereocenters. The Labute approximate surface area is 128 Å². The van der Waals surface area contributed by atoms with Gasteiger partial charge in [-0.1, -0.05) is 78.2 Å². The number of allylic oxidation sites excluding steroid dienone is 2. The van der Waals surface area contributed by atoms with Gasteiger partial charge < -0.3 is 0 Å². The number of hydrogen-bond donors (Lipinski definition) is 0. The fourth-order valence-corrected chi connectivity index (χ4v) is 3.33. The van der Waals surface area contributed by atoms with Crippen molar-refractivity contribution in [2.45, 2.75) is 44.9 Å². The molecule has 1 aliphatic rings. The van der Waals surface area contributed by atoms with Gasteiger partial charge in [-0.2, -0.15) is 0 Å². The summed E-state index contributed by atoms with van der Waals surface area (Å²) in [5.74, 6) is 0. The lowest BCUT2D eigenvalue weighted by Gasteiger charge is -2.20. The van der Waals surface area contributed by atoms with Crippen molar-refractivity contribution >= 4 is 0 Å². The number of benzene rings is 2. The number of rotatable bonds is 4. The Balaban J connectivity index is 1.84. The van der Waals surface area contributed by atoms with Gasteiger partial charge in [0.05, 0.1) is 0 Å². The molecule has 2 aromatic rings. The molecule has 0 aliphatic heterocycles. The lowest BCUT2D eigenvalue weighted by Crippen LogP contribution is -2.04. The summed E-state index contributed by atoms with van der Waals surface area (Å²) in [4.78, 5) is 0. The van der Waals surface area contributed by atoms with Gasteiger partial charge in [-0.15, -0.1) is 0 Å². The van der Waals surface area contributed by atoms with Gasteiger partial charge in [0, 0.05) is 0 Å². The molecule has 0 spiro atoms. The van der Waals surface area contributed by atoms with Gasteiger partial charge in [0.15, 0.2) is 0 Å². The minimum Gasteiger partial charge on any atom is -0.0703 e. The molecule has 0 aromatic heterocycles. The van der Waals surface area contributed by atoms with Gasteiger partial charge in [0.2, 0.25) is 0 Å². The van der Waals surface area contributed by atoms with Gasteiger partial charge in [0.25, 0.3) is 0 Å². The molecule has 1 saturated carbocycles. The van der Waals surface area contributed by atoms with Crippen molar-refractivity contribution < 1.29 is 0 Å². The fourth-order valence-electron chi connectivity index (χ4n) is 3.33. The highest BCUT2D eigenvalue weighted by Gasteiger charge is 2.12. The maximum atomic E-state index is 2.26. The predicted molar refractivity (Wildman–Crippen MR) is 90.4 cm³/mol. The van der Waals surface area contributed by atoms with Gasteiger partial charge in [-0.05, 0) is 49.7 Å². The minimum atomic E-state index is 1.12. The zero-order chi connectivity index (χ0) is 14.3. The molecule has 0 atom stereocenters. The van der Waals surface area contributed by atoms with Crippen LogP contribution >= 0.6 is 0 Å². The predicted octanol–water partition coefficient (Wildman–Crippen LogP) is 5.73. The Hall–Kier alpha value is -1.82. The van der Waals surface area contributed by atoms with Crippen molar-refractivity contribution in [3.8, 4) is 0 Å². The van der Waals surface area contributed by atoms with Crippen molar-refractivity contribution in [1.82, 2.24) is 0 Å². The Morgan fingerprint density at radius 2 is 1.10 bits per heavy atom. The zero-order valence-corrected chi connectivity index (χ0v) is 12.7. The van der Waals surface area contributed by atoms with E-state index in [1.54, 1.807) is 11.1 Å². The smallest absolute Gasteiger partial charge is 0.00611 e. The summed E-state index contributed by atoms with van der Waals surface area (Å²) in [5, 5.41) is 0. The summed E-state index contributed by atoms with van der Waals surface area (Å²) in [6.45, 7) is 0. The highest BCUT2D eigenvalue weighted by atomic mass is 14.2. The monoisotopic (exact) mass is 276 g/mol. The van der Waals surface area contributed by atoms with Crippen LogP contribution in [0.1, 0.15) is 43.2 Å². The SMILES string of the molecule is c1ccc(CC(Cc2ccccc2)=C2CCCCC2)cc1. The lowest BCUT2D eigenvalue weighted by molar-refractivity contribution is 0.589. The first-order chi connectivity index (χ1) is 10.4. The van der Waals surface area contributed by atoms with E-state index in [0.717, 1.165) is 12.8 Å². The average molecular weight is 276 g/mol. The standard InChI is InChI=1S/C21H24/c1-4-10-18(11-5-1)16-21(20-14-8-3-9-15-20)17-19-12-6-2-7-13-19/h1-2,4-7,10-13H,3,8-9,14-17H2. The first-order valence-electron chi connectivity index (χ1n) is 8.19. The number of hydrogen-bond acceptors (Lipinski definition) is 0. The summed E-state index contributed by atoms with van der Waals surface area (Å²) in [7, 11) is 0. The van der Waals surface area contributed by atoms with E-state index in [0.29, 0.717) is 0 Å². The van der Waals surface area contributed by atoms with E-state index in [2.05, 4.69) is 60.7 Å². The molecule has 0 heterocycles. The Kier molecular flexibility index (Phi) is 4.89. The van der Waals surface area contributed by atoms with Crippen LogP contribution in [0.5, 0.6) is 0 Å². The molecule has 2 aromatic carbocycles. The van der Waals surface area contributed by atoms with E-state index in [-0.39, 0.29) is 0 Å². The molecule has 108 valence electrons. The van der Waals surface area contributed by atoms with E-state index in [1.807, 2.05) is 0 Å². The van der Waals surface area contributed by atoms with Crippen LogP contribution in [0, 0.1) is 0 Å². The van der Waals surface area contributed by atoms with E-state index in [4.69, 9.17) is 0 Å². The molecule has 3 rings (SSSR count). The first-order valence-corrected chi connectivity index (χ1v) is 8.19. The Morgan fingerprint density at radius 3 is 1.57 bits per heavy atom. The van der Waals surface area contributed by atoms with Crippen LogP contribution in [0.15, 0.2) is 71.8 Å². The van der Waals surface area contributed by atoms with Crippen molar-refractivity contribution in [3.63, 3.8) is 0 Å².